The van der Waals surface area contributed by atoms with E-state index in [9.17, 15) is 9.90 Å². The number of carbonyl (C=O) groups is 1. The van der Waals surface area contributed by atoms with Gasteiger partial charge in [0.25, 0.3) is 0 Å². The monoisotopic (exact) mass is 305 g/mol. The van der Waals surface area contributed by atoms with Gasteiger partial charge in [0.1, 0.15) is 0 Å². The Hall–Kier alpha value is -0.620. The van der Waals surface area contributed by atoms with Crippen LogP contribution in [0, 0.1) is 3.57 Å². The Kier molecular flexibility index (Phi) is 4.34. The van der Waals surface area contributed by atoms with Crippen LogP contribution < -0.4 is 10.8 Å². The molecule has 1 aromatic carbocycles. The first-order chi connectivity index (χ1) is 6.59. The van der Waals surface area contributed by atoms with Gasteiger partial charge in [0.05, 0.1) is 12.0 Å². The first-order valence-corrected chi connectivity index (χ1v) is 5.47. The number of carboxylic acid groups (broad SMARTS) is 1. The summed E-state index contributed by atoms with van der Waals surface area (Å²) in [5.41, 5.74) is 3.97. The topological polar surface area (TPSA) is 67.8 Å². The summed E-state index contributed by atoms with van der Waals surface area (Å²) in [4.78, 5) is 10.2. The van der Waals surface area contributed by atoms with Crippen LogP contribution in [0.3, 0.4) is 0 Å². The summed E-state index contributed by atoms with van der Waals surface area (Å²) in [6, 6.07) is 7.34. The highest BCUT2D eigenvalue weighted by Crippen LogP contribution is 2.11. The molecule has 0 spiro atoms. The Morgan fingerprint density at radius 2 is 1.79 bits per heavy atom. The second-order valence-corrected chi connectivity index (χ2v) is 4.48. The van der Waals surface area contributed by atoms with Gasteiger partial charge in [-0.1, -0.05) is 12.1 Å². The van der Waals surface area contributed by atoms with Crippen LogP contribution in [-0.2, 0) is 0 Å². The highest BCUT2D eigenvalue weighted by atomic mass is 127. The van der Waals surface area contributed by atoms with E-state index in [-0.39, 0.29) is 5.56 Å². The Bertz CT molecular complexity index is 306. The zero-order valence-electron chi connectivity index (χ0n) is 7.70. The van der Waals surface area contributed by atoms with Crippen molar-refractivity contribution in [3.8, 4) is 0 Å². The van der Waals surface area contributed by atoms with Crippen molar-refractivity contribution in [2.45, 2.75) is 18.9 Å². The van der Waals surface area contributed by atoms with E-state index in [2.05, 4.69) is 28.3 Å². The molecule has 2 rings (SSSR count). The average molecular weight is 305 g/mol. The zero-order chi connectivity index (χ0) is 10.6. The fraction of sp³-hybridized carbons (Fsp3) is 0.300. The van der Waals surface area contributed by atoms with Crippen LogP contribution in [0.15, 0.2) is 24.3 Å². The number of aromatic carboxylic acids is 1. The molecule has 1 aliphatic rings. The number of carboxylic acids is 1. The summed E-state index contributed by atoms with van der Waals surface area (Å²) in [5.74, 6) is -1.13. The first-order valence-electron chi connectivity index (χ1n) is 4.39. The normalized spacial score (nSPS) is 14.1. The summed E-state index contributed by atoms with van der Waals surface area (Å²) < 4.78 is 1.02. The number of quaternary nitrogens is 1. The number of benzene rings is 1. The Balaban J connectivity index is 0.000000203. The van der Waals surface area contributed by atoms with Gasteiger partial charge in [-0.3, -0.25) is 0 Å². The summed E-state index contributed by atoms with van der Waals surface area (Å²) in [6.45, 7) is 0. The molecule has 0 amide bonds. The molecule has 0 aromatic heterocycles. The van der Waals surface area contributed by atoms with E-state index in [1.165, 1.54) is 25.0 Å². The third-order valence-corrected chi connectivity index (χ3v) is 2.50. The predicted molar refractivity (Wildman–Crippen MR) is 59.4 cm³/mol. The molecule has 0 radical (unpaired) electrons. The van der Waals surface area contributed by atoms with Crippen molar-refractivity contribution in [3.05, 3.63) is 33.4 Å². The van der Waals surface area contributed by atoms with Crippen molar-refractivity contribution in [2.75, 3.05) is 0 Å². The third kappa shape index (κ3) is 4.57. The van der Waals surface area contributed by atoms with Crippen molar-refractivity contribution >= 4 is 28.6 Å². The van der Waals surface area contributed by atoms with Crippen LogP contribution in [0.1, 0.15) is 23.2 Å². The van der Waals surface area contributed by atoms with Gasteiger partial charge in [-0.05, 0) is 40.3 Å². The van der Waals surface area contributed by atoms with Crippen LogP contribution >= 0.6 is 22.6 Å². The number of hydrogen-bond acceptors (Lipinski definition) is 2. The molecule has 1 aromatic rings. The second-order valence-electron chi connectivity index (χ2n) is 3.24. The lowest BCUT2D eigenvalue weighted by Gasteiger charge is -1.99. The summed E-state index contributed by atoms with van der Waals surface area (Å²) >= 11 is 2.11. The molecule has 3 nitrogen and oxygen atoms in total. The molecule has 0 saturated heterocycles. The smallest absolute Gasteiger partial charge is 0.0848 e. The SMILES string of the molecule is O=C([O-])c1ccc(I)cc1.[NH3+]C1CC1. The Morgan fingerprint density at radius 3 is 2.07 bits per heavy atom. The fourth-order valence-corrected chi connectivity index (χ4v) is 1.06. The molecule has 4 heteroatoms. The Morgan fingerprint density at radius 1 is 1.36 bits per heavy atom. The molecule has 0 unspecified atom stereocenters. The first kappa shape index (κ1) is 11.5. The third-order valence-electron chi connectivity index (χ3n) is 1.78. The van der Waals surface area contributed by atoms with Crippen molar-refractivity contribution in [1.29, 1.82) is 0 Å². The van der Waals surface area contributed by atoms with Crippen LogP contribution in [0.2, 0.25) is 0 Å². The minimum atomic E-state index is -1.13. The maximum atomic E-state index is 10.2. The average Bonchev–Trinajstić information content (AvgIpc) is 2.89. The number of halogens is 1. The lowest BCUT2D eigenvalue weighted by atomic mass is 10.2. The molecule has 76 valence electrons. The van der Waals surface area contributed by atoms with Crippen LogP contribution in [-0.4, -0.2) is 12.0 Å². The van der Waals surface area contributed by atoms with Crippen molar-refractivity contribution < 1.29 is 15.6 Å². The van der Waals surface area contributed by atoms with Crippen molar-refractivity contribution in [3.63, 3.8) is 0 Å². The minimum Gasteiger partial charge on any atom is -0.545 e. The van der Waals surface area contributed by atoms with Gasteiger partial charge in [-0.15, -0.1) is 0 Å². The molecule has 1 fully saturated rings. The number of carbonyl (C=O) groups excluding carboxylic acids is 1. The number of hydrogen-bond donors (Lipinski definition) is 1. The second kappa shape index (κ2) is 5.31. The van der Waals surface area contributed by atoms with Gasteiger partial charge < -0.3 is 15.6 Å². The molecule has 0 heterocycles. The molecular formula is C10H12INO2. The van der Waals surface area contributed by atoms with E-state index in [0.29, 0.717) is 0 Å². The predicted octanol–water partition coefficient (Wildman–Crippen LogP) is 0.0454. The molecule has 0 aliphatic heterocycles. The standard InChI is InChI=1S/C7H5IO2.C3H7N/c8-6-3-1-5(2-4-6)7(9)10;4-3-1-2-3/h1-4H,(H,9,10);3H,1-2,4H2. The van der Waals surface area contributed by atoms with Gasteiger partial charge in [0, 0.05) is 16.4 Å². The lowest BCUT2D eigenvalue weighted by molar-refractivity contribution is -0.384. The molecule has 14 heavy (non-hydrogen) atoms. The van der Waals surface area contributed by atoms with Crippen LogP contribution in [0.25, 0.3) is 0 Å². The van der Waals surface area contributed by atoms with E-state index < -0.39 is 5.97 Å². The fourth-order valence-electron chi connectivity index (χ4n) is 0.704. The molecular weight excluding hydrogens is 293 g/mol. The van der Waals surface area contributed by atoms with Crippen LogP contribution in [0.4, 0.5) is 0 Å². The van der Waals surface area contributed by atoms with E-state index >= 15 is 0 Å². The highest BCUT2D eigenvalue weighted by molar-refractivity contribution is 14.1. The quantitative estimate of drug-likeness (QED) is 0.745. The molecule has 3 N–H and O–H groups in total. The maximum absolute atomic E-state index is 10.2. The van der Waals surface area contributed by atoms with E-state index in [1.807, 2.05) is 0 Å². The molecule has 0 atom stereocenters. The lowest BCUT2D eigenvalue weighted by Crippen LogP contribution is -2.52. The largest absolute Gasteiger partial charge is 0.545 e. The summed E-state index contributed by atoms with van der Waals surface area (Å²) in [5, 5.41) is 10.2. The molecule has 0 bridgehead atoms. The van der Waals surface area contributed by atoms with Gasteiger partial charge in [-0.25, -0.2) is 0 Å². The van der Waals surface area contributed by atoms with Gasteiger partial charge in [0.15, 0.2) is 0 Å². The van der Waals surface area contributed by atoms with Gasteiger partial charge in [0.2, 0.25) is 0 Å². The van der Waals surface area contributed by atoms with Crippen LogP contribution in [0.5, 0.6) is 0 Å². The van der Waals surface area contributed by atoms with Gasteiger partial charge in [-0.2, -0.15) is 0 Å². The molecule has 1 aliphatic carbocycles. The minimum absolute atomic E-state index is 0.223. The maximum Gasteiger partial charge on any atom is 0.0848 e. The summed E-state index contributed by atoms with van der Waals surface area (Å²) in [6.07, 6.45) is 2.75. The van der Waals surface area contributed by atoms with E-state index in [1.54, 1.807) is 12.1 Å². The highest BCUT2D eigenvalue weighted by Gasteiger charge is 2.18. The Labute approximate surface area is 96.4 Å². The summed E-state index contributed by atoms with van der Waals surface area (Å²) in [7, 11) is 0. The molecule has 1 saturated carbocycles. The van der Waals surface area contributed by atoms with Gasteiger partial charge >= 0.3 is 0 Å². The van der Waals surface area contributed by atoms with Crippen molar-refractivity contribution in [1.82, 2.24) is 0 Å². The zero-order valence-corrected chi connectivity index (χ0v) is 9.86. The van der Waals surface area contributed by atoms with E-state index in [4.69, 9.17) is 0 Å². The van der Waals surface area contributed by atoms with Crippen molar-refractivity contribution in [2.24, 2.45) is 0 Å². The number of rotatable bonds is 1. The van der Waals surface area contributed by atoms with E-state index in [0.717, 1.165) is 9.61 Å².